The number of rotatable bonds is 4. The van der Waals surface area contributed by atoms with Crippen molar-refractivity contribution in [3.63, 3.8) is 0 Å². The standard InChI is InChI=1S/C21H29N3O4S/c1-17(21(25)22-12-14-28-15-13-22)24-11-8-18-16-19(6-7-20(18)24)29(26,27)23-9-4-2-3-5-10-23/h6-8,11,16-17H,2-5,9-10,12-15H2,1H3/t17-/m1/s1. The van der Waals surface area contributed by atoms with Crippen molar-refractivity contribution in [3.05, 3.63) is 30.5 Å². The van der Waals surface area contributed by atoms with Crippen molar-refractivity contribution in [1.82, 2.24) is 13.8 Å². The summed E-state index contributed by atoms with van der Waals surface area (Å²) in [7, 11) is -3.49. The van der Waals surface area contributed by atoms with Gasteiger partial charge in [0.25, 0.3) is 0 Å². The number of amides is 1. The monoisotopic (exact) mass is 419 g/mol. The van der Waals surface area contributed by atoms with Gasteiger partial charge in [-0.25, -0.2) is 8.42 Å². The molecule has 0 saturated carbocycles. The number of sulfonamides is 1. The highest BCUT2D eigenvalue weighted by Crippen LogP contribution is 2.27. The molecule has 1 amide bonds. The lowest BCUT2D eigenvalue weighted by Gasteiger charge is -2.30. The predicted octanol–water partition coefficient (Wildman–Crippen LogP) is 2.63. The Morgan fingerprint density at radius 1 is 1.00 bits per heavy atom. The average molecular weight is 420 g/mol. The average Bonchev–Trinajstić information content (AvgIpc) is 2.96. The first kappa shape index (κ1) is 20.4. The molecule has 0 aliphatic carbocycles. The van der Waals surface area contributed by atoms with Crippen LogP contribution >= 0.6 is 0 Å². The Morgan fingerprint density at radius 3 is 2.38 bits per heavy atom. The quantitative estimate of drug-likeness (QED) is 0.764. The fraction of sp³-hybridized carbons (Fsp3) is 0.571. The van der Waals surface area contributed by atoms with Crippen molar-refractivity contribution >= 4 is 26.8 Å². The zero-order chi connectivity index (χ0) is 20.4. The Balaban J connectivity index is 1.59. The summed E-state index contributed by atoms with van der Waals surface area (Å²) in [5.74, 6) is 0.0621. The number of ether oxygens (including phenoxy) is 1. The van der Waals surface area contributed by atoms with Crippen LogP contribution in [-0.4, -0.2) is 67.5 Å². The summed E-state index contributed by atoms with van der Waals surface area (Å²) in [6.07, 6.45) is 5.87. The van der Waals surface area contributed by atoms with Gasteiger partial charge in [-0.15, -0.1) is 0 Å². The highest BCUT2D eigenvalue weighted by molar-refractivity contribution is 7.89. The summed E-state index contributed by atoms with van der Waals surface area (Å²) in [6, 6.07) is 6.77. The number of carbonyl (C=O) groups excluding carboxylic acids is 1. The van der Waals surface area contributed by atoms with E-state index in [-0.39, 0.29) is 11.9 Å². The normalized spacial score (nSPS) is 20.5. The third kappa shape index (κ3) is 4.06. The van der Waals surface area contributed by atoms with E-state index in [1.165, 1.54) is 0 Å². The van der Waals surface area contributed by atoms with Gasteiger partial charge in [-0.05, 0) is 44.0 Å². The molecule has 1 aromatic carbocycles. The molecule has 0 bridgehead atoms. The lowest BCUT2D eigenvalue weighted by atomic mass is 10.2. The molecule has 2 fully saturated rings. The van der Waals surface area contributed by atoms with Gasteiger partial charge in [-0.1, -0.05) is 12.8 Å². The number of aromatic nitrogens is 1. The molecule has 4 rings (SSSR count). The van der Waals surface area contributed by atoms with Crippen LogP contribution in [-0.2, 0) is 19.6 Å². The van der Waals surface area contributed by atoms with Crippen LogP contribution in [0.2, 0.25) is 0 Å². The number of hydrogen-bond acceptors (Lipinski definition) is 4. The van der Waals surface area contributed by atoms with Gasteiger partial charge in [0, 0.05) is 43.3 Å². The van der Waals surface area contributed by atoms with E-state index in [2.05, 4.69) is 0 Å². The minimum Gasteiger partial charge on any atom is -0.378 e. The maximum absolute atomic E-state index is 13.1. The van der Waals surface area contributed by atoms with Crippen LogP contribution in [0.25, 0.3) is 10.9 Å². The number of hydrogen-bond donors (Lipinski definition) is 0. The predicted molar refractivity (Wildman–Crippen MR) is 111 cm³/mol. The molecule has 2 aromatic rings. The Labute approximate surface area is 172 Å². The Kier molecular flexibility index (Phi) is 5.94. The van der Waals surface area contributed by atoms with Gasteiger partial charge in [0.05, 0.1) is 18.1 Å². The van der Waals surface area contributed by atoms with E-state index in [1.54, 1.807) is 16.4 Å². The zero-order valence-electron chi connectivity index (χ0n) is 16.9. The van der Waals surface area contributed by atoms with Crippen molar-refractivity contribution in [3.8, 4) is 0 Å². The Hall–Kier alpha value is -1.90. The van der Waals surface area contributed by atoms with E-state index in [9.17, 15) is 13.2 Å². The molecule has 158 valence electrons. The van der Waals surface area contributed by atoms with Gasteiger partial charge in [0.15, 0.2) is 0 Å². The van der Waals surface area contributed by atoms with Crippen LogP contribution in [0.15, 0.2) is 35.4 Å². The molecular formula is C21H29N3O4S. The highest BCUT2D eigenvalue weighted by Gasteiger charge is 2.27. The summed E-state index contributed by atoms with van der Waals surface area (Å²) in [4.78, 5) is 15.0. The fourth-order valence-corrected chi connectivity index (χ4v) is 5.79. The molecule has 7 nitrogen and oxygen atoms in total. The third-order valence-electron chi connectivity index (χ3n) is 5.99. The number of fused-ring (bicyclic) bond motifs is 1. The van der Waals surface area contributed by atoms with Crippen molar-refractivity contribution in [1.29, 1.82) is 0 Å². The molecule has 0 N–H and O–H groups in total. The number of morpholine rings is 1. The van der Waals surface area contributed by atoms with Crippen LogP contribution in [0, 0.1) is 0 Å². The topological polar surface area (TPSA) is 71.8 Å². The van der Waals surface area contributed by atoms with Gasteiger partial charge in [0.2, 0.25) is 15.9 Å². The summed E-state index contributed by atoms with van der Waals surface area (Å²) < 4.78 is 35.0. The summed E-state index contributed by atoms with van der Waals surface area (Å²) in [5, 5.41) is 0.836. The van der Waals surface area contributed by atoms with Gasteiger partial charge in [-0.2, -0.15) is 4.31 Å². The van der Waals surface area contributed by atoms with Crippen molar-refractivity contribution in [2.45, 2.75) is 43.5 Å². The van der Waals surface area contributed by atoms with E-state index >= 15 is 0 Å². The Bertz CT molecular complexity index is 971. The molecule has 2 saturated heterocycles. The molecule has 0 spiro atoms. The van der Waals surface area contributed by atoms with Crippen LogP contribution in [0.4, 0.5) is 0 Å². The number of nitrogens with zero attached hydrogens (tertiary/aromatic N) is 3. The smallest absolute Gasteiger partial charge is 0.245 e. The van der Waals surface area contributed by atoms with Crippen LogP contribution in [0.1, 0.15) is 38.6 Å². The second-order valence-electron chi connectivity index (χ2n) is 7.88. The maximum atomic E-state index is 13.1. The van der Waals surface area contributed by atoms with Crippen LogP contribution < -0.4 is 0 Å². The molecule has 29 heavy (non-hydrogen) atoms. The van der Waals surface area contributed by atoms with Gasteiger partial charge >= 0.3 is 0 Å². The number of benzene rings is 1. The van der Waals surface area contributed by atoms with Gasteiger partial charge in [-0.3, -0.25) is 4.79 Å². The maximum Gasteiger partial charge on any atom is 0.245 e. The largest absolute Gasteiger partial charge is 0.378 e. The SMILES string of the molecule is C[C@H](C(=O)N1CCOCC1)n1ccc2cc(S(=O)(=O)N3CCCCCC3)ccc21. The van der Waals surface area contributed by atoms with E-state index in [0.717, 1.165) is 36.6 Å². The minimum absolute atomic E-state index is 0.0621. The van der Waals surface area contributed by atoms with E-state index < -0.39 is 10.0 Å². The molecule has 2 aliphatic rings. The molecular weight excluding hydrogens is 390 g/mol. The first-order valence-corrected chi connectivity index (χ1v) is 11.9. The summed E-state index contributed by atoms with van der Waals surface area (Å²) in [6.45, 7) is 5.43. The molecule has 2 aliphatic heterocycles. The Morgan fingerprint density at radius 2 is 1.69 bits per heavy atom. The van der Waals surface area contributed by atoms with Crippen molar-refractivity contribution in [2.24, 2.45) is 0 Å². The fourth-order valence-electron chi connectivity index (χ4n) is 4.24. The number of carbonyl (C=O) groups is 1. The first-order valence-electron chi connectivity index (χ1n) is 10.5. The molecule has 0 unspecified atom stereocenters. The van der Waals surface area contributed by atoms with E-state index in [0.29, 0.717) is 44.3 Å². The second kappa shape index (κ2) is 8.45. The highest BCUT2D eigenvalue weighted by atomic mass is 32.2. The minimum atomic E-state index is -3.49. The molecule has 3 heterocycles. The second-order valence-corrected chi connectivity index (χ2v) is 9.81. The molecule has 1 atom stereocenters. The molecule has 8 heteroatoms. The molecule has 0 radical (unpaired) electrons. The van der Waals surface area contributed by atoms with Gasteiger partial charge in [0.1, 0.15) is 6.04 Å². The lowest BCUT2D eigenvalue weighted by Crippen LogP contribution is -2.43. The zero-order valence-corrected chi connectivity index (χ0v) is 17.7. The lowest BCUT2D eigenvalue weighted by molar-refractivity contribution is -0.138. The molecule has 1 aromatic heterocycles. The van der Waals surface area contributed by atoms with E-state index in [4.69, 9.17) is 4.74 Å². The van der Waals surface area contributed by atoms with Crippen molar-refractivity contribution < 1.29 is 17.9 Å². The first-order chi connectivity index (χ1) is 14.0. The van der Waals surface area contributed by atoms with Gasteiger partial charge < -0.3 is 14.2 Å². The summed E-state index contributed by atoms with van der Waals surface area (Å²) in [5.41, 5.74) is 0.869. The third-order valence-corrected chi connectivity index (χ3v) is 7.89. The summed E-state index contributed by atoms with van der Waals surface area (Å²) >= 11 is 0. The van der Waals surface area contributed by atoms with Crippen LogP contribution in [0.5, 0.6) is 0 Å². The van der Waals surface area contributed by atoms with Crippen LogP contribution in [0.3, 0.4) is 0 Å². The van der Waals surface area contributed by atoms with E-state index in [1.807, 2.05) is 34.7 Å². The van der Waals surface area contributed by atoms with Crippen molar-refractivity contribution in [2.75, 3.05) is 39.4 Å².